The molecule has 1 aromatic rings. The Morgan fingerprint density at radius 2 is 2.05 bits per heavy atom. The van der Waals surface area contributed by atoms with Crippen molar-refractivity contribution in [2.75, 3.05) is 26.7 Å². The van der Waals surface area contributed by atoms with E-state index < -0.39 is 0 Å². The summed E-state index contributed by atoms with van der Waals surface area (Å²) in [5.74, 6) is 0.920. The van der Waals surface area contributed by atoms with Gasteiger partial charge in [-0.15, -0.1) is 12.4 Å². The summed E-state index contributed by atoms with van der Waals surface area (Å²) in [4.78, 5) is 2.57. The molecule has 2 rings (SSSR count). The second-order valence-electron chi connectivity index (χ2n) is 5.53. The minimum absolute atomic E-state index is 0. The molecule has 19 heavy (non-hydrogen) atoms. The third-order valence-corrected chi connectivity index (χ3v) is 4.02. The van der Waals surface area contributed by atoms with E-state index >= 15 is 0 Å². The van der Waals surface area contributed by atoms with E-state index in [0.717, 1.165) is 19.0 Å². The molecule has 110 valence electrons. The van der Waals surface area contributed by atoms with Crippen LogP contribution in [0.4, 0.5) is 0 Å². The van der Waals surface area contributed by atoms with E-state index in [1.807, 2.05) is 18.8 Å². The van der Waals surface area contributed by atoms with Crippen LogP contribution in [0, 0.1) is 12.8 Å². The lowest BCUT2D eigenvalue weighted by molar-refractivity contribution is 0.172. The Labute approximate surface area is 123 Å². The maximum absolute atomic E-state index is 4.41. The van der Waals surface area contributed by atoms with Gasteiger partial charge in [-0.1, -0.05) is 0 Å². The van der Waals surface area contributed by atoms with E-state index in [1.54, 1.807) is 0 Å². The van der Waals surface area contributed by atoms with E-state index in [2.05, 4.69) is 28.4 Å². The SMILES string of the molecule is CNCCC1CCN(Cc2cn(C)nc2C)CC1.Cl. The van der Waals surface area contributed by atoms with Crippen LogP contribution in [0.1, 0.15) is 30.5 Å². The average molecular weight is 287 g/mol. The molecule has 0 unspecified atom stereocenters. The van der Waals surface area contributed by atoms with Crippen molar-refractivity contribution >= 4 is 12.4 Å². The Hall–Kier alpha value is -0.580. The van der Waals surface area contributed by atoms with E-state index in [1.165, 1.54) is 43.6 Å². The highest BCUT2D eigenvalue weighted by atomic mass is 35.5. The van der Waals surface area contributed by atoms with Gasteiger partial charge in [-0.05, 0) is 58.8 Å². The first-order chi connectivity index (χ1) is 8.69. The van der Waals surface area contributed by atoms with Crippen LogP contribution < -0.4 is 5.32 Å². The quantitative estimate of drug-likeness (QED) is 0.898. The Bertz CT molecular complexity index is 370. The molecule has 0 saturated carbocycles. The van der Waals surface area contributed by atoms with E-state index in [-0.39, 0.29) is 12.4 Å². The third kappa shape index (κ3) is 4.79. The van der Waals surface area contributed by atoms with Crippen LogP contribution in [0.5, 0.6) is 0 Å². The number of hydrogen-bond acceptors (Lipinski definition) is 3. The summed E-state index contributed by atoms with van der Waals surface area (Å²) in [7, 11) is 4.04. The maximum atomic E-state index is 4.41. The molecular weight excluding hydrogens is 260 g/mol. The van der Waals surface area contributed by atoms with Crippen LogP contribution in [0.15, 0.2) is 6.20 Å². The number of halogens is 1. The predicted molar refractivity (Wildman–Crippen MR) is 81.7 cm³/mol. The zero-order valence-electron chi connectivity index (χ0n) is 12.4. The van der Waals surface area contributed by atoms with Gasteiger partial charge in [0, 0.05) is 25.4 Å². The molecule has 1 fully saturated rings. The van der Waals surface area contributed by atoms with Crippen molar-refractivity contribution in [1.82, 2.24) is 20.0 Å². The molecule has 1 aliphatic rings. The van der Waals surface area contributed by atoms with Gasteiger partial charge in [0.1, 0.15) is 0 Å². The smallest absolute Gasteiger partial charge is 0.0638 e. The van der Waals surface area contributed by atoms with Gasteiger partial charge in [0.15, 0.2) is 0 Å². The molecule has 0 spiro atoms. The highest BCUT2D eigenvalue weighted by molar-refractivity contribution is 5.85. The van der Waals surface area contributed by atoms with Gasteiger partial charge in [0.2, 0.25) is 0 Å². The normalized spacial score (nSPS) is 17.4. The summed E-state index contributed by atoms with van der Waals surface area (Å²) in [5, 5.41) is 7.67. The minimum atomic E-state index is 0. The lowest BCUT2D eigenvalue weighted by atomic mass is 9.93. The lowest BCUT2D eigenvalue weighted by Crippen LogP contribution is -2.34. The largest absolute Gasteiger partial charge is 0.320 e. The molecule has 0 amide bonds. The van der Waals surface area contributed by atoms with Gasteiger partial charge in [0.05, 0.1) is 5.69 Å². The molecule has 0 bridgehead atoms. The lowest BCUT2D eigenvalue weighted by Gasteiger charge is -2.31. The number of aromatic nitrogens is 2. The summed E-state index contributed by atoms with van der Waals surface area (Å²) in [6.07, 6.45) is 6.18. The van der Waals surface area contributed by atoms with Crippen LogP contribution in [-0.2, 0) is 13.6 Å². The standard InChI is InChI=1S/C14H26N4.ClH/c1-12-14(10-17(3)16-12)11-18-8-5-13(6-9-18)4-7-15-2;/h10,13,15H,4-9,11H2,1-3H3;1H. The molecule has 0 aliphatic carbocycles. The number of piperidine rings is 1. The summed E-state index contributed by atoms with van der Waals surface area (Å²) >= 11 is 0. The number of hydrogen-bond donors (Lipinski definition) is 1. The minimum Gasteiger partial charge on any atom is -0.320 e. The summed E-state index contributed by atoms with van der Waals surface area (Å²) in [6, 6.07) is 0. The fourth-order valence-corrected chi connectivity index (χ4v) is 2.83. The van der Waals surface area contributed by atoms with Crippen LogP contribution in [-0.4, -0.2) is 41.4 Å². The van der Waals surface area contributed by atoms with Crippen molar-refractivity contribution < 1.29 is 0 Å². The first kappa shape index (κ1) is 16.5. The highest BCUT2D eigenvalue weighted by Crippen LogP contribution is 2.21. The molecule has 0 atom stereocenters. The Morgan fingerprint density at radius 3 is 2.58 bits per heavy atom. The van der Waals surface area contributed by atoms with E-state index in [4.69, 9.17) is 0 Å². The molecular formula is C14H27ClN4. The Kier molecular flexibility index (Phi) is 6.83. The van der Waals surface area contributed by atoms with Gasteiger partial charge in [0.25, 0.3) is 0 Å². The fraction of sp³-hybridized carbons (Fsp3) is 0.786. The van der Waals surface area contributed by atoms with Gasteiger partial charge in [-0.3, -0.25) is 9.58 Å². The summed E-state index contributed by atoms with van der Waals surface area (Å²) in [6.45, 7) is 6.81. The molecule has 5 heteroatoms. The number of nitrogens with zero attached hydrogens (tertiary/aromatic N) is 3. The number of rotatable bonds is 5. The van der Waals surface area contributed by atoms with E-state index in [0.29, 0.717) is 0 Å². The molecule has 1 N–H and O–H groups in total. The van der Waals surface area contributed by atoms with Gasteiger partial charge >= 0.3 is 0 Å². The average Bonchev–Trinajstić information content (AvgIpc) is 2.67. The second kappa shape index (κ2) is 7.88. The van der Waals surface area contributed by atoms with Crippen LogP contribution in [0.25, 0.3) is 0 Å². The molecule has 1 aliphatic heterocycles. The topological polar surface area (TPSA) is 33.1 Å². The Morgan fingerprint density at radius 1 is 1.37 bits per heavy atom. The monoisotopic (exact) mass is 286 g/mol. The number of likely N-dealkylation sites (tertiary alicyclic amines) is 1. The zero-order chi connectivity index (χ0) is 13.0. The molecule has 4 nitrogen and oxygen atoms in total. The molecule has 2 heterocycles. The summed E-state index contributed by atoms with van der Waals surface area (Å²) in [5.41, 5.74) is 2.56. The first-order valence-electron chi connectivity index (χ1n) is 7.05. The van der Waals surface area contributed by atoms with Crippen molar-refractivity contribution in [2.45, 2.75) is 32.7 Å². The van der Waals surface area contributed by atoms with Crippen molar-refractivity contribution in [1.29, 1.82) is 0 Å². The van der Waals surface area contributed by atoms with Crippen molar-refractivity contribution in [2.24, 2.45) is 13.0 Å². The van der Waals surface area contributed by atoms with Crippen LogP contribution in [0.3, 0.4) is 0 Å². The van der Waals surface area contributed by atoms with Crippen LogP contribution >= 0.6 is 12.4 Å². The maximum Gasteiger partial charge on any atom is 0.0638 e. The number of nitrogens with one attached hydrogen (secondary N) is 1. The molecule has 0 radical (unpaired) electrons. The van der Waals surface area contributed by atoms with Gasteiger partial charge < -0.3 is 5.32 Å². The third-order valence-electron chi connectivity index (χ3n) is 4.02. The van der Waals surface area contributed by atoms with Gasteiger partial charge in [-0.25, -0.2) is 0 Å². The van der Waals surface area contributed by atoms with Gasteiger partial charge in [-0.2, -0.15) is 5.10 Å². The Balaban J connectivity index is 0.00000180. The molecule has 0 aromatic carbocycles. The van der Waals surface area contributed by atoms with E-state index in [9.17, 15) is 0 Å². The van der Waals surface area contributed by atoms with Crippen molar-refractivity contribution in [3.8, 4) is 0 Å². The second-order valence-corrected chi connectivity index (χ2v) is 5.53. The predicted octanol–water partition coefficient (Wildman–Crippen LogP) is 1.97. The highest BCUT2D eigenvalue weighted by Gasteiger charge is 2.19. The zero-order valence-corrected chi connectivity index (χ0v) is 13.2. The van der Waals surface area contributed by atoms with Crippen molar-refractivity contribution in [3.63, 3.8) is 0 Å². The first-order valence-corrected chi connectivity index (χ1v) is 7.05. The van der Waals surface area contributed by atoms with Crippen LogP contribution in [0.2, 0.25) is 0 Å². The van der Waals surface area contributed by atoms with Crippen molar-refractivity contribution in [3.05, 3.63) is 17.5 Å². The summed E-state index contributed by atoms with van der Waals surface area (Å²) < 4.78 is 1.92. The number of aryl methyl sites for hydroxylation is 2. The molecule has 1 saturated heterocycles. The fourth-order valence-electron chi connectivity index (χ4n) is 2.83. The molecule has 1 aromatic heterocycles.